The summed E-state index contributed by atoms with van der Waals surface area (Å²) in [4.78, 5) is 23.4. The van der Waals surface area contributed by atoms with E-state index in [1.165, 1.54) is 10.8 Å². The molecule has 4 nitrogen and oxygen atoms in total. The number of rotatable bonds is 2. The van der Waals surface area contributed by atoms with Crippen LogP contribution in [0, 0.1) is 0 Å². The monoisotopic (exact) mass is 234 g/mol. The maximum absolute atomic E-state index is 11.9. The Balaban J connectivity index is 3.10. The van der Waals surface area contributed by atoms with E-state index in [4.69, 9.17) is 4.74 Å². The summed E-state index contributed by atoms with van der Waals surface area (Å²) in [5.41, 5.74) is -0.370. The van der Waals surface area contributed by atoms with Crippen LogP contribution in [0.3, 0.4) is 0 Å². The quantitative estimate of drug-likeness (QED) is 0.447. The normalized spacial score (nSPS) is 10.8. The molecular formula is C13H16NO3+. The molecule has 0 aliphatic carbocycles. The van der Waals surface area contributed by atoms with Crippen LogP contribution in [0.4, 0.5) is 4.79 Å². The van der Waals surface area contributed by atoms with Crippen molar-refractivity contribution in [3.63, 3.8) is 0 Å². The van der Waals surface area contributed by atoms with Crippen LogP contribution in [-0.4, -0.2) is 17.5 Å². The number of carbonyl (C=O) groups excluding carboxylic acids is 2. The van der Waals surface area contributed by atoms with Crippen molar-refractivity contribution >= 4 is 11.9 Å². The van der Waals surface area contributed by atoms with E-state index in [9.17, 15) is 9.59 Å². The Morgan fingerprint density at radius 2 is 2.00 bits per heavy atom. The molecule has 0 fully saturated rings. The highest BCUT2D eigenvalue weighted by Gasteiger charge is 2.29. The van der Waals surface area contributed by atoms with Crippen LogP contribution >= 0.6 is 0 Å². The largest absolute Gasteiger partial charge is 0.603 e. The van der Waals surface area contributed by atoms with Gasteiger partial charge in [-0.25, -0.2) is 0 Å². The van der Waals surface area contributed by atoms with Gasteiger partial charge in [0.25, 0.3) is 5.69 Å². The van der Waals surface area contributed by atoms with E-state index in [0.717, 1.165) is 6.08 Å². The second-order valence-corrected chi connectivity index (χ2v) is 4.50. The third kappa shape index (κ3) is 3.52. The van der Waals surface area contributed by atoms with Gasteiger partial charge >= 0.3 is 6.09 Å². The molecule has 0 spiro atoms. The zero-order valence-corrected chi connectivity index (χ0v) is 10.3. The van der Waals surface area contributed by atoms with Gasteiger partial charge in [0.2, 0.25) is 5.78 Å². The summed E-state index contributed by atoms with van der Waals surface area (Å²) in [7, 11) is 0. The summed E-state index contributed by atoms with van der Waals surface area (Å²) < 4.78 is 6.37. The predicted molar refractivity (Wildman–Crippen MR) is 62.8 cm³/mol. The Morgan fingerprint density at radius 1 is 1.35 bits per heavy atom. The molecule has 1 rings (SSSR count). The lowest BCUT2D eigenvalue weighted by Crippen LogP contribution is -2.50. The molecule has 0 aliphatic heterocycles. The van der Waals surface area contributed by atoms with Crippen molar-refractivity contribution in [2.75, 3.05) is 0 Å². The van der Waals surface area contributed by atoms with Crippen LogP contribution in [-0.2, 0) is 4.74 Å². The molecule has 0 atom stereocenters. The highest BCUT2D eigenvalue weighted by atomic mass is 16.6. The lowest BCUT2D eigenvalue weighted by molar-refractivity contribution is -0.590. The third-order valence-corrected chi connectivity index (χ3v) is 1.89. The van der Waals surface area contributed by atoms with Crippen molar-refractivity contribution in [3.8, 4) is 0 Å². The average molecular weight is 234 g/mol. The van der Waals surface area contributed by atoms with Crippen molar-refractivity contribution in [3.05, 3.63) is 42.7 Å². The van der Waals surface area contributed by atoms with Gasteiger partial charge in [-0.15, -0.1) is 0 Å². The summed E-state index contributed by atoms with van der Waals surface area (Å²) in [5.74, 6) is -0.323. The van der Waals surface area contributed by atoms with Crippen LogP contribution in [0.1, 0.15) is 31.3 Å². The molecule has 0 radical (unpaired) electrons. The minimum absolute atomic E-state index is 0.233. The van der Waals surface area contributed by atoms with Gasteiger partial charge in [0.15, 0.2) is 6.20 Å². The fraction of sp³-hybridized carbons (Fsp3) is 0.308. The summed E-state index contributed by atoms with van der Waals surface area (Å²) in [6.45, 7) is 8.70. The lowest BCUT2D eigenvalue weighted by Gasteiger charge is -2.16. The van der Waals surface area contributed by atoms with Gasteiger partial charge in [-0.3, -0.25) is 4.79 Å². The zero-order chi connectivity index (χ0) is 13.1. The number of allylic oxidation sites excluding steroid dienone is 1. The van der Waals surface area contributed by atoms with Gasteiger partial charge in [-0.1, -0.05) is 11.1 Å². The predicted octanol–water partition coefficient (Wildman–Crippen LogP) is 2.13. The second kappa shape index (κ2) is 4.91. The topological polar surface area (TPSA) is 47.2 Å². The molecule has 1 aromatic rings. The standard InChI is InChI=1S/C13H16NO3/c1-5-11(15)10-8-6-7-9-14(10)12(16)17-13(2,3)4/h5-9H,1H2,2-4H3/q+1. The highest BCUT2D eigenvalue weighted by molar-refractivity contribution is 6.01. The van der Waals surface area contributed by atoms with E-state index in [2.05, 4.69) is 6.58 Å². The van der Waals surface area contributed by atoms with E-state index in [1.54, 1.807) is 39.0 Å². The van der Waals surface area contributed by atoms with Crippen LogP contribution < -0.4 is 4.57 Å². The molecule has 0 N–H and O–H groups in total. The number of carbonyl (C=O) groups is 2. The minimum atomic E-state index is -0.603. The van der Waals surface area contributed by atoms with Gasteiger partial charge in [0.1, 0.15) is 5.60 Å². The summed E-state index contributed by atoms with van der Waals surface area (Å²) in [6, 6.07) is 4.88. The lowest BCUT2D eigenvalue weighted by atomic mass is 10.2. The first-order valence-electron chi connectivity index (χ1n) is 5.26. The van der Waals surface area contributed by atoms with E-state index >= 15 is 0 Å². The first-order chi connectivity index (χ1) is 7.85. The Kier molecular flexibility index (Phi) is 3.78. The Bertz CT molecular complexity index is 458. The SMILES string of the molecule is C=CC(=O)c1cccc[n+]1C(=O)OC(C)(C)C. The first kappa shape index (κ1) is 13.1. The average Bonchev–Trinajstić information content (AvgIpc) is 2.25. The van der Waals surface area contributed by atoms with Crippen molar-refractivity contribution in [2.24, 2.45) is 0 Å². The highest BCUT2D eigenvalue weighted by Crippen LogP contribution is 2.07. The number of hydrogen-bond donors (Lipinski definition) is 0. The number of ether oxygens (including phenoxy) is 1. The van der Waals surface area contributed by atoms with E-state index < -0.39 is 11.7 Å². The molecular weight excluding hydrogens is 218 g/mol. The molecule has 4 heteroatoms. The van der Waals surface area contributed by atoms with Crippen molar-refractivity contribution in [1.29, 1.82) is 0 Å². The molecule has 0 aliphatic rings. The van der Waals surface area contributed by atoms with E-state index in [-0.39, 0.29) is 11.5 Å². The molecule has 1 aromatic heterocycles. The van der Waals surface area contributed by atoms with Crippen molar-refractivity contribution in [1.82, 2.24) is 0 Å². The van der Waals surface area contributed by atoms with Gasteiger partial charge in [0, 0.05) is 12.1 Å². The molecule has 1 heterocycles. The number of ketones is 1. The maximum atomic E-state index is 11.9. The van der Waals surface area contributed by atoms with E-state index in [0.29, 0.717) is 0 Å². The smallest absolute Gasteiger partial charge is 0.406 e. The maximum Gasteiger partial charge on any atom is 0.603 e. The first-order valence-corrected chi connectivity index (χ1v) is 5.26. The Labute approximate surface area is 101 Å². The van der Waals surface area contributed by atoms with Crippen LogP contribution in [0.5, 0.6) is 0 Å². The fourth-order valence-corrected chi connectivity index (χ4v) is 1.22. The number of aromatic nitrogens is 1. The molecule has 0 saturated carbocycles. The second-order valence-electron chi connectivity index (χ2n) is 4.50. The molecule has 0 unspecified atom stereocenters. The van der Waals surface area contributed by atoms with Crippen LogP contribution in [0.25, 0.3) is 0 Å². The number of nitrogens with zero attached hydrogens (tertiary/aromatic N) is 1. The van der Waals surface area contributed by atoms with E-state index in [1.807, 2.05) is 0 Å². The fourth-order valence-electron chi connectivity index (χ4n) is 1.22. The third-order valence-electron chi connectivity index (χ3n) is 1.89. The molecule has 0 aromatic carbocycles. The number of pyridine rings is 1. The molecule has 0 saturated heterocycles. The van der Waals surface area contributed by atoms with Crippen LogP contribution in [0.15, 0.2) is 37.1 Å². The molecule has 17 heavy (non-hydrogen) atoms. The molecule has 90 valence electrons. The summed E-state index contributed by atoms with van der Waals surface area (Å²) >= 11 is 0. The minimum Gasteiger partial charge on any atom is -0.406 e. The number of hydrogen-bond acceptors (Lipinski definition) is 3. The summed E-state index contributed by atoms with van der Waals surface area (Å²) in [6.07, 6.45) is 2.07. The van der Waals surface area contributed by atoms with Gasteiger partial charge in [0.05, 0.1) is 0 Å². The van der Waals surface area contributed by atoms with Gasteiger partial charge < -0.3 is 4.74 Å². The molecule has 0 amide bonds. The van der Waals surface area contributed by atoms with Gasteiger partial charge in [-0.2, -0.15) is 4.79 Å². The van der Waals surface area contributed by atoms with Gasteiger partial charge in [-0.05, 0) is 32.9 Å². The molecule has 0 bridgehead atoms. The summed E-state index contributed by atoms with van der Waals surface area (Å²) in [5, 5.41) is 0. The van der Waals surface area contributed by atoms with Crippen LogP contribution in [0.2, 0.25) is 0 Å². The zero-order valence-electron chi connectivity index (χ0n) is 10.3. The Morgan fingerprint density at radius 3 is 2.53 bits per heavy atom. The van der Waals surface area contributed by atoms with Crippen molar-refractivity contribution < 1.29 is 18.9 Å². The van der Waals surface area contributed by atoms with Crippen molar-refractivity contribution in [2.45, 2.75) is 26.4 Å². The Hall–Kier alpha value is -1.97.